The number of nitrogens with zero attached hydrogens (tertiary/aromatic N) is 4. The molecule has 1 atom stereocenters. The number of hydrogen-bond donors (Lipinski definition) is 0. The maximum atomic E-state index is 12.3. The molecule has 0 fully saturated rings. The van der Waals surface area contributed by atoms with Gasteiger partial charge in [0, 0.05) is 48.4 Å². The first-order valence-electron chi connectivity index (χ1n) is 6.94. The van der Waals surface area contributed by atoms with Crippen LogP contribution in [0.4, 0.5) is 5.13 Å². The molecule has 0 unspecified atom stereocenters. The molecule has 8 heteroatoms. The SMILES string of the molecule is CN(C)c1nc(C[S@@](=O)Cc2noc3c2CCCC3)ns1. The topological polar surface area (TPSA) is 72.1 Å². The lowest BCUT2D eigenvalue weighted by Crippen LogP contribution is -2.09. The lowest BCUT2D eigenvalue weighted by atomic mass is 9.97. The standard InChI is InChI=1S/C13H18N4O2S2/c1-17(2)13-14-12(16-20-13)8-21(18)7-10-9-5-3-4-6-11(9)19-15-10/h3-8H2,1-2H3/t21-/m0/s1. The van der Waals surface area contributed by atoms with Gasteiger partial charge in [-0.25, -0.2) is 4.98 Å². The van der Waals surface area contributed by atoms with Crippen LogP contribution in [0.1, 0.15) is 35.7 Å². The molecule has 3 rings (SSSR count). The van der Waals surface area contributed by atoms with Gasteiger partial charge in [-0.3, -0.25) is 4.21 Å². The Balaban J connectivity index is 1.65. The number of hydrogen-bond acceptors (Lipinski definition) is 7. The lowest BCUT2D eigenvalue weighted by molar-refractivity contribution is 0.369. The first-order valence-corrected chi connectivity index (χ1v) is 9.21. The van der Waals surface area contributed by atoms with E-state index in [1.54, 1.807) is 0 Å². The van der Waals surface area contributed by atoms with Crippen LogP contribution in [0, 0.1) is 0 Å². The Bertz CT molecular complexity index is 650. The fourth-order valence-electron chi connectivity index (χ4n) is 2.39. The average Bonchev–Trinajstić information content (AvgIpc) is 3.07. The summed E-state index contributed by atoms with van der Waals surface area (Å²) in [5, 5.41) is 4.93. The monoisotopic (exact) mass is 326 g/mol. The Labute approximate surface area is 130 Å². The lowest BCUT2D eigenvalue weighted by Gasteiger charge is -2.08. The third kappa shape index (κ3) is 3.32. The second kappa shape index (κ2) is 6.23. The Kier molecular flexibility index (Phi) is 4.34. The van der Waals surface area contributed by atoms with E-state index < -0.39 is 10.8 Å². The highest BCUT2D eigenvalue weighted by Crippen LogP contribution is 2.25. The highest BCUT2D eigenvalue weighted by Gasteiger charge is 2.21. The van der Waals surface area contributed by atoms with Gasteiger partial charge in [0.1, 0.15) is 5.76 Å². The van der Waals surface area contributed by atoms with E-state index in [0.29, 0.717) is 17.3 Å². The predicted octanol–water partition coefficient (Wildman–Crippen LogP) is 1.92. The van der Waals surface area contributed by atoms with Crippen molar-refractivity contribution in [3.05, 3.63) is 22.8 Å². The third-order valence-electron chi connectivity index (χ3n) is 3.46. The molecule has 0 saturated carbocycles. The molecule has 2 heterocycles. The fraction of sp³-hybridized carbons (Fsp3) is 0.615. The van der Waals surface area contributed by atoms with Crippen LogP contribution in [0.5, 0.6) is 0 Å². The largest absolute Gasteiger partial charge is 0.361 e. The summed E-state index contributed by atoms with van der Waals surface area (Å²) in [6.45, 7) is 0. The Morgan fingerprint density at radius 3 is 2.86 bits per heavy atom. The summed E-state index contributed by atoms with van der Waals surface area (Å²) in [5.74, 6) is 2.41. The molecule has 1 aliphatic carbocycles. The zero-order valence-corrected chi connectivity index (χ0v) is 13.8. The normalized spacial score (nSPS) is 15.7. The van der Waals surface area contributed by atoms with Crippen molar-refractivity contribution in [3.8, 4) is 0 Å². The van der Waals surface area contributed by atoms with Gasteiger partial charge in [-0.1, -0.05) is 5.16 Å². The minimum Gasteiger partial charge on any atom is -0.361 e. The molecule has 0 aliphatic heterocycles. The van der Waals surface area contributed by atoms with Crippen LogP contribution < -0.4 is 4.90 Å². The van der Waals surface area contributed by atoms with Crippen molar-refractivity contribution in [2.24, 2.45) is 0 Å². The zero-order valence-electron chi connectivity index (χ0n) is 12.2. The van der Waals surface area contributed by atoms with Gasteiger partial charge >= 0.3 is 0 Å². The second-order valence-electron chi connectivity index (χ2n) is 5.35. The van der Waals surface area contributed by atoms with Gasteiger partial charge in [0.15, 0.2) is 5.82 Å². The Morgan fingerprint density at radius 1 is 1.29 bits per heavy atom. The maximum Gasteiger partial charge on any atom is 0.204 e. The van der Waals surface area contributed by atoms with Crippen LogP contribution >= 0.6 is 11.5 Å². The molecule has 0 aromatic carbocycles. The summed E-state index contributed by atoms with van der Waals surface area (Å²) >= 11 is 1.33. The van der Waals surface area contributed by atoms with Crippen molar-refractivity contribution in [1.29, 1.82) is 0 Å². The molecule has 0 bridgehead atoms. The molecule has 0 amide bonds. The molecule has 0 spiro atoms. The molecule has 0 N–H and O–H groups in total. The molecular formula is C13H18N4O2S2. The van der Waals surface area contributed by atoms with Crippen molar-refractivity contribution in [2.45, 2.75) is 37.2 Å². The quantitative estimate of drug-likeness (QED) is 0.836. The van der Waals surface area contributed by atoms with Crippen LogP contribution in [-0.2, 0) is 35.1 Å². The van der Waals surface area contributed by atoms with E-state index in [-0.39, 0.29) is 0 Å². The van der Waals surface area contributed by atoms with Crippen LogP contribution in [0.25, 0.3) is 0 Å². The minimum atomic E-state index is -1.06. The van der Waals surface area contributed by atoms with Crippen LogP contribution in [0.2, 0.25) is 0 Å². The average molecular weight is 326 g/mol. The summed E-state index contributed by atoms with van der Waals surface area (Å²) in [4.78, 5) is 6.26. The third-order valence-corrected chi connectivity index (χ3v) is 5.56. The van der Waals surface area contributed by atoms with Gasteiger partial charge in [-0.2, -0.15) is 4.37 Å². The number of fused-ring (bicyclic) bond motifs is 1. The summed E-state index contributed by atoms with van der Waals surface area (Å²) in [6, 6.07) is 0. The summed E-state index contributed by atoms with van der Waals surface area (Å²) in [5.41, 5.74) is 2.03. The Morgan fingerprint density at radius 2 is 2.10 bits per heavy atom. The molecule has 114 valence electrons. The summed E-state index contributed by atoms with van der Waals surface area (Å²) < 4.78 is 21.9. The molecule has 6 nitrogen and oxygen atoms in total. The van der Waals surface area contributed by atoms with E-state index in [9.17, 15) is 4.21 Å². The van der Waals surface area contributed by atoms with Gasteiger partial charge < -0.3 is 9.42 Å². The second-order valence-corrected chi connectivity index (χ2v) is 7.54. The zero-order chi connectivity index (χ0) is 14.8. The van der Waals surface area contributed by atoms with Crippen molar-refractivity contribution in [2.75, 3.05) is 19.0 Å². The van der Waals surface area contributed by atoms with Crippen molar-refractivity contribution < 1.29 is 8.73 Å². The Hall–Kier alpha value is -1.28. The maximum absolute atomic E-state index is 12.3. The highest BCUT2D eigenvalue weighted by atomic mass is 32.2. The van der Waals surface area contributed by atoms with Gasteiger partial charge in [-0.15, -0.1) is 0 Å². The molecule has 2 aromatic heterocycles. The molecular weight excluding hydrogens is 308 g/mol. The molecule has 1 aliphatic rings. The number of rotatable bonds is 5. The van der Waals surface area contributed by atoms with E-state index in [1.807, 2.05) is 19.0 Å². The van der Waals surface area contributed by atoms with Crippen LogP contribution in [0.15, 0.2) is 4.52 Å². The van der Waals surface area contributed by atoms with Crippen molar-refractivity contribution in [3.63, 3.8) is 0 Å². The number of aromatic nitrogens is 3. The highest BCUT2D eigenvalue weighted by molar-refractivity contribution is 7.83. The van der Waals surface area contributed by atoms with Crippen molar-refractivity contribution >= 4 is 27.5 Å². The van der Waals surface area contributed by atoms with Crippen molar-refractivity contribution in [1.82, 2.24) is 14.5 Å². The minimum absolute atomic E-state index is 0.367. The van der Waals surface area contributed by atoms with Gasteiger partial charge in [0.25, 0.3) is 0 Å². The molecule has 21 heavy (non-hydrogen) atoms. The predicted molar refractivity (Wildman–Crippen MR) is 82.9 cm³/mol. The molecule has 0 saturated heterocycles. The van der Waals surface area contributed by atoms with E-state index >= 15 is 0 Å². The van der Waals surface area contributed by atoms with Crippen LogP contribution in [0.3, 0.4) is 0 Å². The summed E-state index contributed by atoms with van der Waals surface area (Å²) in [7, 11) is 2.78. The summed E-state index contributed by atoms with van der Waals surface area (Å²) in [6.07, 6.45) is 4.26. The van der Waals surface area contributed by atoms with Gasteiger partial charge in [0.05, 0.1) is 17.2 Å². The first-order chi connectivity index (χ1) is 10.1. The van der Waals surface area contributed by atoms with E-state index in [0.717, 1.165) is 42.3 Å². The van der Waals surface area contributed by atoms with Gasteiger partial charge in [0.2, 0.25) is 5.13 Å². The smallest absolute Gasteiger partial charge is 0.204 e. The first kappa shape index (κ1) is 14.6. The van der Waals surface area contributed by atoms with Gasteiger partial charge in [-0.05, 0) is 19.3 Å². The van der Waals surface area contributed by atoms with E-state index in [4.69, 9.17) is 4.52 Å². The fourth-order valence-corrected chi connectivity index (χ4v) is 4.13. The van der Waals surface area contributed by atoms with E-state index in [1.165, 1.54) is 17.1 Å². The molecule has 0 radical (unpaired) electrons. The van der Waals surface area contributed by atoms with E-state index in [2.05, 4.69) is 14.5 Å². The number of aryl methyl sites for hydroxylation is 1. The molecule has 2 aromatic rings. The van der Waals surface area contributed by atoms with Crippen LogP contribution in [-0.4, -0.2) is 32.8 Å². The number of anilines is 1.